The zero-order valence-electron chi connectivity index (χ0n) is 53.2. The third-order valence-electron chi connectivity index (χ3n) is 18.4. The summed E-state index contributed by atoms with van der Waals surface area (Å²) in [6.45, 7) is 10.7. The Kier molecular flexibility index (Phi) is 16.7. The molecular weight excluding hydrogens is 1210 g/mol. The van der Waals surface area contributed by atoms with E-state index < -0.39 is 11.9 Å². The highest BCUT2D eigenvalue weighted by atomic mass is 16.6. The maximum atomic E-state index is 13.4. The Morgan fingerprint density at radius 2 is 0.670 bits per heavy atom. The van der Waals surface area contributed by atoms with Crippen molar-refractivity contribution in [3.8, 4) is 34.5 Å². The van der Waals surface area contributed by atoms with Crippen LogP contribution in [-0.2, 0) is 14.3 Å². The van der Waals surface area contributed by atoms with Gasteiger partial charge in [-0.25, -0.2) is 9.59 Å². The van der Waals surface area contributed by atoms with Crippen LogP contribution in [0.1, 0.15) is 93.7 Å². The van der Waals surface area contributed by atoms with Crippen LogP contribution < -0.4 is 14.2 Å². The molecule has 0 unspecified atom stereocenters. The summed E-state index contributed by atoms with van der Waals surface area (Å²) in [4.78, 5) is 63.6. The van der Waals surface area contributed by atoms with Crippen molar-refractivity contribution >= 4 is 126 Å². The van der Waals surface area contributed by atoms with Gasteiger partial charge in [-0.1, -0.05) is 147 Å². The number of aromatic hydroxyl groups is 3. The first kappa shape index (κ1) is 62.3. The molecule has 1 aliphatic carbocycles. The fourth-order valence-electron chi connectivity index (χ4n) is 13.6. The van der Waals surface area contributed by atoms with Crippen molar-refractivity contribution in [2.24, 2.45) is 0 Å². The summed E-state index contributed by atoms with van der Waals surface area (Å²) in [6.07, 6.45) is 6.26. The van der Waals surface area contributed by atoms with Crippen LogP contribution in [0.3, 0.4) is 0 Å². The second-order valence-electron chi connectivity index (χ2n) is 24.6. The number of phenols is 3. The highest BCUT2D eigenvalue weighted by Crippen LogP contribution is 2.45. The maximum Gasteiger partial charge on any atom is 0.338 e. The van der Waals surface area contributed by atoms with E-state index in [1.807, 2.05) is 103 Å². The van der Waals surface area contributed by atoms with Gasteiger partial charge >= 0.3 is 11.9 Å². The number of phenolic OH excluding ortho intramolecular Hbond substituents is 3. The minimum absolute atomic E-state index is 0.00589. The summed E-state index contributed by atoms with van der Waals surface area (Å²) in [5, 5.41) is 48.2. The number of carbonyl (C=O) groups excluding carboxylic acids is 5. The molecule has 15 aromatic rings. The molecule has 0 saturated heterocycles. The first-order valence-corrected chi connectivity index (χ1v) is 32.2. The van der Waals surface area contributed by atoms with Gasteiger partial charge in [0.2, 0.25) is 0 Å². The molecule has 97 heavy (non-hydrogen) atoms. The third kappa shape index (κ3) is 11.6. The SMILES string of the molecule is C=C(C)C(=O)OCCOc1ccc2ccc3c(C(=O)c4ccccc4O)ccc4ccc1c2c43.C=C(C)C(=O)Oc1ccc2ccc3c(C(=O)c4ccccc4O)ccc4ccc1c2c43.O=C(c1ccccc1O)c1ccc2ccc3c(OC4CCCCC4)ccc4ccc1c2c43. The lowest BCUT2D eigenvalue weighted by Gasteiger charge is -2.24. The quantitative estimate of drug-likeness (QED) is 0.0221. The number of para-hydroxylation sites is 3. The topological polar surface area (TPSA) is 183 Å². The molecule has 0 heterocycles. The van der Waals surface area contributed by atoms with Crippen molar-refractivity contribution in [3.05, 3.63) is 276 Å². The molecule has 0 bridgehead atoms. The second-order valence-corrected chi connectivity index (χ2v) is 24.6. The maximum absolute atomic E-state index is 13.4. The van der Waals surface area contributed by atoms with Gasteiger partial charge in [-0.05, 0) is 195 Å². The summed E-state index contributed by atoms with van der Waals surface area (Å²) >= 11 is 0. The average Bonchev–Trinajstić information content (AvgIpc) is 0.815. The van der Waals surface area contributed by atoms with E-state index in [0.29, 0.717) is 44.9 Å². The molecule has 0 amide bonds. The highest BCUT2D eigenvalue weighted by Gasteiger charge is 2.25. The molecule has 3 N–H and O–H groups in total. The molecule has 1 aliphatic rings. The number of ketones is 3. The van der Waals surface area contributed by atoms with Crippen LogP contribution >= 0.6 is 0 Å². The minimum Gasteiger partial charge on any atom is -0.507 e. The lowest BCUT2D eigenvalue weighted by atomic mass is 9.89. The number of ether oxygens (including phenoxy) is 4. The normalized spacial score (nSPS) is 12.5. The van der Waals surface area contributed by atoms with E-state index in [1.54, 1.807) is 86.6 Å². The summed E-state index contributed by atoms with van der Waals surface area (Å²) < 4.78 is 23.1. The van der Waals surface area contributed by atoms with Gasteiger partial charge in [0, 0.05) is 60.2 Å². The van der Waals surface area contributed by atoms with Crippen LogP contribution in [0.5, 0.6) is 34.5 Å². The van der Waals surface area contributed by atoms with Crippen molar-refractivity contribution < 1.29 is 58.2 Å². The Balaban J connectivity index is 0.000000125. The van der Waals surface area contributed by atoms with Gasteiger partial charge in [-0.2, -0.15) is 0 Å². The lowest BCUT2D eigenvalue weighted by molar-refractivity contribution is -0.139. The molecule has 1 fully saturated rings. The van der Waals surface area contributed by atoms with E-state index in [1.165, 1.54) is 31.4 Å². The Hall–Kier alpha value is -12.2. The van der Waals surface area contributed by atoms with Crippen molar-refractivity contribution in [1.82, 2.24) is 0 Å². The van der Waals surface area contributed by atoms with Gasteiger partial charge < -0.3 is 34.3 Å². The molecule has 476 valence electrons. The van der Waals surface area contributed by atoms with Gasteiger partial charge in [0.1, 0.15) is 47.7 Å². The van der Waals surface area contributed by atoms with E-state index >= 15 is 0 Å². The molecule has 0 aliphatic heterocycles. The van der Waals surface area contributed by atoms with E-state index in [9.17, 15) is 39.3 Å². The van der Waals surface area contributed by atoms with Gasteiger partial charge in [-0.15, -0.1) is 0 Å². The van der Waals surface area contributed by atoms with Crippen LogP contribution in [0.4, 0.5) is 0 Å². The highest BCUT2D eigenvalue weighted by molar-refractivity contribution is 6.32. The number of benzene rings is 15. The molecule has 1 saturated carbocycles. The number of carbonyl (C=O) groups is 5. The molecule has 0 aromatic heterocycles. The van der Waals surface area contributed by atoms with E-state index in [0.717, 1.165) is 116 Å². The predicted molar refractivity (Wildman–Crippen MR) is 384 cm³/mol. The average molecular weight is 1280 g/mol. The monoisotopic (exact) mass is 1280 g/mol. The number of hydrogen-bond acceptors (Lipinski definition) is 12. The van der Waals surface area contributed by atoms with E-state index in [2.05, 4.69) is 43.5 Å². The minimum atomic E-state index is -0.481. The summed E-state index contributed by atoms with van der Waals surface area (Å²) in [5.74, 6) is 0.400. The zero-order chi connectivity index (χ0) is 67.2. The predicted octanol–water partition coefficient (Wildman–Crippen LogP) is 19.3. The van der Waals surface area contributed by atoms with Crippen LogP contribution in [0.15, 0.2) is 243 Å². The standard InChI is InChI=1S/C29H22O5.C29H24O3.C27H18O4/c1-17(2)29(32)34-16-15-33-25-14-10-19-7-11-20-21(28(31)22-5-3-4-6-24(22)30)12-8-18-9-13-23(25)27(19)26(18)20;30-25-9-5-4-8-23(25)29(31)22-15-11-18-12-16-24-26(32-20-6-2-1-3-7-20)17-13-19-10-14-21(22)27(18)28(19)24;1-15(2)27(30)31-23-14-10-17-7-11-18-19(26(29)20-5-3-4-6-22(20)28)12-8-16-9-13-21(23)25(17)24(16)18/h3-14,30H,1,15-16H2,2H3;4-5,8-17,20,30H,1-3,6-7H2;3-14,28H,1H2,2H3. The lowest BCUT2D eigenvalue weighted by Crippen LogP contribution is -2.19. The fourth-order valence-corrected chi connectivity index (χ4v) is 13.6. The number of hydrogen-bond donors (Lipinski definition) is 3. The molecule has 0 atom stereocenters. The molecule has 12 heteroatoms. The van der Waals surface area contributed by atoms with E-state index in [-0.39, 0.29) is 65.0 Å². The van der Waals surface area contributed by atoms with Gasteiger partial charge in [0.05, 0.1) is 22.8 Å². The Morgan fingerprint density at radius 1 is 0.351 bits per heavy atom. The van der Waals surface area contributed by atoms with Crippen LogP contribution in [0.2, 0.25) is 0 Å². The Morgan fingerprint density at radius 3 is 1.06 bits per heavy atom. The molecule has 15 aromatic carbocycles. The van der Waals surface area contributed by atoms with Crippen molar-refractivity contribution in [2.75, 3.05) is 13.2 Å². The van der Waals surface area contributed by atoms with Crippen LogP contribution in [-0.4, -0.2) is 63.9 Å². The summed E-state index contributed by atoms with van der Waals surface area (Å²) in [5.41, 5.74) is 3.16. The van der Waals surface area contributed by atoms with Crippen molar-refractivity contribution in [1.29, 1.82) is 0 Å². The molecule has 12 nitrogen and oxygen atoms in total. The Bertz CT molecular complexity index is 5680. The van der Waals surface area contributed by atoms with Crippen molar-refractivity contribution in [3.63, 3.8) is 0 Å². The largest absolute Gasteiger partial charge is 0.507 e. The molecule has 0 radical (unpaired) electrons. The molecular formula is C85H64O12. The van der Waals surface area contributed by atoms with Gasteiger partial charge in [0.25, 0.3) is 0 Å². The Labute approximate surface area is 557 Å². The van der Waals surface area contributed by atoms with Crippen LogP contribution in [0.25, 0.3) is 97.0 Å². The summed E-state index contributed by atoms with van der Waals surface area (Å²) in [6, 6.07) is 67.0. The van der Waals surface area contributed by atoms with Gasteiger partial charge in [-0.3, -0.25) is 14.4 Å². The second kappa shape index (κ2) is 26.0. The zero-order valence-corrected chi connectivity index (χ0v) is 53.2. The summed E-state index contributed by atoms with van der Waals surface area (Å²) in [7, 11) is 0. The number of esters is 2. The first-order chi connectivity index (χ1) is 47.1. The fraction of sp³-hybridized carbons (Fsp3) is 0.118. The smallest absolute Gasteiger partial charge is 0.338 e. The first-order valence-electron chi connectivity index (χ1n) is 32.2. The van der Waals surface area contributed by atoms with Crippen molar-refractivity contribution in [2.45, 2.75) is 52.1 Å². The van der Waals surface area contributed by atoms with Crippen LogP contribution in [0, 0.1) is 0 Å². The van der Waals surface area contributed by atoms with E-state index in [4.69, 9.17) is 18.9 Å². The molecule has 0 spiro atoms. The molecule has 16 rings (SSSR count). The van der Waals surface area contributed by atoms with Gasteiger partial charge in [0.15, 0.2) is 17.3 Å². The third-order valence-corrected chi connectivity index (χ3v) is 18.4. The number of rotatable bonds is 15.